The second-order valence-electron chi connectivity index (χ2n) is 5.91. The molecule has 0 spiro atoms. The Labute approximate surface area is 147 Å². The molecule has 0 unspecified atom stereocenters. The number of aromatic nitrogens is 5. The third-order valence-corrected chi connectivity index (χ3v) is 4.70. The van der Waals surface area contributed by atoms with E-state index >= 15 is 0 Å². The lowest BCUT2D eigenvalue weighted by molar-refractivity contribution is 0.424. The number of nitrogens with one attached hydrogen (secondary N) is 1. The van der Waals surface area contributed by atoms with Crippen molar-refractivity contribution in [3.63, 3.8) is 0 Å². The van der Waals surface area contributed by atoms with E-state index in [9.17, 15) is 0 Å². The maximum Gasteiger partial charge on any atom is 0.182 e. The predicted octanol–water partition coefficient (Wildman–Crippen LogP) is 3.22. The second-order valence-corrected chi connectivity index (χ2v) is 6.35. The Balaban J connectivity index is 1.55. The van der Waals surface area contributed by atoms with Gasteiger partial charge >= 0.3 is 0 Å². The quantitative estimate of drug-likeness (QED) is 0.596. The van der Waals surface area contributed by atoms with Gasteiger partial charge in [0.15, 0.2) is 17.2 Å². The highest BCUT2D eigenvalue weighted by Crippen LogP contribution is 2.33. The molecule has 7 nitrogen and oxygen atoms in total. The average Bonchev–Trinajstić information content (AvgIpc) is 3.28. The molecule has 1 aromatic carbocycles. The number of imidazole rings is 1. The zero-order valence-electron chi connectivity index (χ0n) is 13.1. The van der Waals surface area contributed by atoms with Crippen molar-refractivity contribution in [2.24, 2.45) is 0 Å². The fraction of sp³-hybridized carbons (Fsp3) is 0.176. The summed E-state index contributed by atoms with van der Waals surface area (Å²) in [7, 11) is 0. The molecule has 0 amide bonds. The number of benzene rings is 1. The zero-order chi connectivity index (χ0) is 16.8. The van der Waals surface area contributed by atoms with Crippen LogP contribution >= 0.6 is 11.6 Å². The molecule has 0 saturated heterocycles. The Morgan fingerprint density at radius 1 is 1.12 bits per heavy atom. The molecule has 0 saturated carbocycles. The van der Waals surface area contributed by atoms with Crippen LogP contribution in [0.15, 0.2) is 41.4 Å². The van der Waals surface area contributed by atoms with Gasteiger partial charge in [-0.2, -0.15) is 0 Å². The monoisotopic (exact) mass is 352 g/mol. The third-order valence-electron chi connectivity index (χ3n) is 4.45. The molecule has 1 aliphatic heterocycles. The molecule has 4 heterocycles. The molecule has 1 N–H and O–H groups in total. The summed E-state index contributed by atoms with van der Waals surface area (Å²) in [6.07, 6.45) is 3.98. The second kappa shape index (κ2) is 5.56. The molecule has 8 heteroatoms. The number of H-pyrrole nitrogens is 1. The van der Waals surface area contributed by atoms with Crippen LogP contribution in [0.2, 0.25) is 5.02 Å². The van der Waals surface area contributed by atoms with E-state index in [4.69, 9.17) is 16.1 Å². The minimum atomic E-state index is 0.666. The molecule has 0 radical (unpaired) electrons. The van der Waals surface area contributed by atoms with Crippen LogP contribution in [-0.4, -0.2) is 31.6 Å². The van der Waals surface area contributed by atoms with E-state index in [-0.39, 0.29) is 0 Å². The van der Waals surface area contributed by atoms with Crippen molar-refractivity contribution < 1.29 is 4.52 Å². The Kier molecular flexibility index (Phi) is 3.21. The van der Waals surface area contributed by atoms with E-state index in [2.05, 4.69) is 30.0 Å². The third kappa shape index (κ3) is 2.35. The van der Waals surface area contributed by atoms with E-state index in [0.717, 1.165) is 46.9 Å². The van der Waals surface area contributed by atoms with Crippen molar-refractivity contribution in [1.82, 2.24) is 25.1 Å². The summed E-state index contributed by atoms with van der Waals surface area (Å²) in [5.74, 6) is 1.63. The lowest BCUT2D eigenvalue weighted by atomic mass is 10.0. The van der Waals surface area contributed by atoms with Gasteiger partial charge in [0.05, 0.1) is 18.6 Å². The lowest BCUT2D eigenvalue weighted by Gasteiger charge is -2.27. The highest BCUT2D eigenvalue weighted by Gasteiger charge is 2.26. The first-order valence-electron chi connectivity index (χ1n) is 7.92. The molecule has 1 aliphatic rings. The minimum absolute atomic E-state index is 0.666. The molecule has 3 aromatic heterocycles. The predicted molar refractivity (Wildman–Crippen MR) is 93.4 cm³/mol. The number of nitrogens with zero attached hydrogens (tertiary/aromatic N) is 5. The average molecular weight is 353 g/mol. The molecule has 0 atom stereocenters. The number of aromatic amines is 1. The van der Waals surface area contributed by atoms with Gasteiger partial charge in [0.25, 0.3) is 0 Å². The number of hydrogen-bond acceptors (Lipinski definition) is 6. The molecule has 0 fully saturated rings. The Morgan fingerprint density at radius 3 is 2.88 bits per heavy atom. The molecule has 25 heavy (non-hydrogen) atoms. The van der Waals surface area contributed by atoms with E-state index in [1.165, 1.54) is 0 Å². The smallest absolute Gasteiger partial charge is 0.182 e. The Morgan fingerprint density at radius 2 is 2.00 bits per heavy atom. The lowest BCUT2D eigenvalue weighted by Crippen LogP contribution is -2.31. The van der Waals surface area contributed by atoms with E-state index in [0.29, 0.717) is 17.2 Å². The molecule has 0 aliphatic carbocycles. The topological polar surface area (TPSA) is 83.7 Å². The van der Waals surface area contributed by atoms with Gasteiger partial charge in [-0.05, 0) is 24.3 Å². The molecule has 4 aromatic rings. The number of fused-ring (bicyclic) bond motifs is 2. The summed E-state index contributed by atoms with van der Waals surface area (Å²) < 4.78 is 5.63. The number of halogens is 1. The van der Waals surface area contributed by atoms with Crippen molar-refractivity contribution in [2.45, 2.75) is 13.0 Å². The maximum absolute atomic E-state index is 5.99. The highest BCUT2D eigenvalue weighted by atomic mass is 35.5. The normalized spacial score (nSPS) is 14.0. The summed E-state index contributed by atoms with van der Waals surface area (Å²) >= 11 is 5.99. The van der Waals surface area contributed by atoms with Gasteiger partial charge in [0.1, 0.15) is 11.8 Å². The standard InChI is InChI=1S/C17H13ClN6O/c18-11-3-1-10(2-4-11)15-12-7-24(6-5-13(12)23-25-15)17-14-16(20-8-19-14)21-9-22-17/h1-4,8-9H,5-7H2,(H,19,20,21,22). The summed E-state index contributed by atoms with van der Waals surface area (Å²) in [5, 5.41) is 4.94. The van der Waals surface area contributed by atoms with Gasteiger partial charge in [-0.15, -0.1) is 0 Å². The van der Waals surface area contributed by atoms with Gasteiger partial charge in [0.2, 0.25) is 0 Å². The largest absolute Gasteiger partial charge is 0.356 e. The molecule has 124 valence electrons. The van der Waals surface area contributed by atoms with E-state index < -0.39 is 0 Å². The molecule has 5 rings (SSSR count). The van der Waals surface area contributed by atoms with Crippen LogP contribution in [0.5, 0.6) is 0 Å². The Hall–Kier alpha value is -2.93. The Bertz CT molecular complexity index is 1050. The van der Waals surface area contributed by atoms with Crippen LogP contribution in [0.1, 0.15) is 11.3 Å². The summed E-state index contributed by atoms with van der Waals surface area (Å²) in [4.78, 5) is 18.2. The molecular weight excluding hydrogens is 340 g/mol. The fourth-order valence-electron chi connectivity index (χ4n) is 3.21. The van der Waals surface area contributed by atoms with Crippen molar-refractivity contribution in [2.75, 3.05) is 11.4 Å². The number of anilines is 1. The fourth-order valence-corrected chi connectivity index (χ4v) is 3.34. The van der Waals surface area contributed by atoms with E-state index in [1.54, 1.807) is 12.7 Å². The zero-order valence-corrected chi connectivity index (χ0v) is 13.9. The van der Waals surface area contributed by atoms with Crippen LogP contribution in [0.3, 0.4) is 0 Å². The van der Waals surface area contributed by atoms with Crippen molar-refractivity contribution in [3.05, 3.63) is 53.2 Å². The van der Waals surface area contributed by atoms with Crippen molar-refractivity contribution in [1.29, 1.82) is 0 Å². The number of hydrogen-bond donors (Lipinski definition) is 1. The summed E-state index contributed by atoms with van der Waals surface area (Å²) in [5.41, 5.74) is 4.56. The van der Waals surface area contributed by atoms with Crippen molar-refractivity contribution >= 4 is 28.6 Å². The first kappa shape index (κ1) is 14.4. The van der Waals surface area contributed by atoms with Crippen molar-refractivity contribution in [3.8, 4) is 11.3 Å². The minimum Gasteiger partial charge on any atom is -0.356 e. The van der Waals surface area contributed by atoms with Crippen LogP contribution < -0.4 is 4.90 Å². The summed E-state index contributed by atoms with van der Waals surface area (Å²) in [6.45, 7) is 1.48. The van der Waals surface area contributed by atoms with E-state index in [1.807, 2.05) is 24.3 Å². The number of rotatable bonds is 2. The first-order chi connectivity index (χ1) is 12.3. The molecule has 0 bridgehead atoms. The highest BCUT2D eigenvalue weighted by molar-refractivity contribution is 6.30. The van der Waals surface area contributed by atoms with Gasteiger partial charge in [-0.1, -0.05) is 16.8 Å². The van der Waals surface area contributed by atoms with Crippen LogP contribution in [-0.2, 0) is 13.0 Å². The molecular formula is C17H13ClN6O. The van der Waals surface area contributed by atoms with Gasteiger partial charge < -0.3 is 14.4 Å². The summed E-state index contributed by atoms with van der Waals surface area (Å²) in [6, 6.07) is 7.59. The van der Waals surface area contributed by atoms with Gasteiger partial charge in [0, 0.05) is 29.1 Å². The first-order valence-corrected chi connectivity index (χ1v) is 8.30. The maximum atomic E-state index is 5.99. The van der Waals surface area contributed by atoms with Gasteiger partial charge in [-0.25, -0.2) is 15.0 Å². The van der Waals surface area contributed by atoms with Crippen LogP contribution in [0.25, 0.3) is 22.5 Å². The van der Waals surface area contributed by atoms with Crippen LogP contribution in [0.4, 0.5) is 5.82 Å². The van der Waals surface area contributed by atoms with Gasteiger partial charge in [-0.3, -0.25) is 0 Å². The SMILES string of the molecule is Clc1ccc(-c2onc3c2CN(c2ncnc4nc[nH]c24)CC3)cc1. The van der Waals surface area contributed by atoms with Crippen LogP contribution in [0, 0.1) is 0 Å².